The van der Waals surface area contributed by atoms with E-state index in [1.165, 1.54) is 32.3 Å². The van der Waals surface area contributed by atoms with E-state index in [0.29, 0.717) is 10.8 Å². The van der Waals surface area contributed by atoms with E-state index in [-0.39, 0.29) is 15.6 Å². The Bertz CT molecular complexity index is 1060. The van der Waals surface area contributed by atoms with Crippen LogP contribution in [0.4, 0.5) is 5.69 Å². The van der Waals surface area contributed by atoms with Crippen molar-refractivity contribution in [3.8, 4) is 5.75 Å². The molecule has 30 heavy (non-hydrogen) atoms. The number of carbonyl (C=O) groups is 2. The summed E-state index contributed by atoms with van der Waals surface area (Å²) in [4.78, 5) is 23.8. The van der Waals surface area contributed by atoms with Gasteiger partial charge in [-0.2, -0.15) is 0 Å². The van der Waals surface area contributed by atoms with Gasteiger partial charge in [0.2, 0.25) is 10.0 Å². The number of amides is 1. The number of rotatable bonds is 8. The van der Waals surface area contributed by atoms with Gasteiger partial charge < -0.3 is 14.8 Å². The molecule has 0 aromatic heterocycles. The van der Waals surface area contributed by atoms with Crippen LogP contribution in [0.2, 0.25) is 10.0 Å². The molecule has 0 radical (unpaired) electrons. The van der Waals surface area contributed by atoms with E-state index in [1.54, 1.807) is 25.1 Å². The van der Waals surface area contributed by atoms with Crippen molar-refractivity contribution >= 4 is 50.8 Å². The van der Waals surface area contributed by atoms with E-state index in [9.17, 15) is 18.0 Å². The first kappa shape index (κ1) is 23.9. The Balaban J connectivity index is 1.91. The summed E-state index contributed by atoms with van der Waals surface area (Å²) in [6.07, 6.45) is 0. The van der Waals surface area contributed by atoms with Gasteiger partial charge in [0.05, 0.1) is 15.6 Å². The highest BCUT2D eigenvalue weighted by Gasteiger charge is 2.19. The summed E-state index contributed by atoms with van der Waals surface area (Å²) in [5.41, 5.74) is 0.867. The molecule has 0 saturated carbocycles. The second-order valence-corrected chi connectivity index (χ2v) is 9.30. The Morgan fingerprint density at radius 3 is 2.33 bits per heavy atom. The molecular formula is C19H20Cl2N2O6S. The van der Waals surface area contributed by atoms with Crippen molar-refractivity contribution in [2.24, 2.45) is 0 Å². The number of sulfonamides is 1. The topological polar surface area (TPSA) is 102 Å². The number of ether oxygens (including phenoxy) is 2. The molecular weight excluding hydrogens is 455 g/mol. The Kier molecular flexibility index (Phi) is 8.08. The number of nitrogens with one attached hydrogen (secondary N) is 1. The molecule has 0 aliphatic rings. The maximum absolute atomic E-state index is 12.2. The summed E-state index contributed by atoms with van der Waals surface area (Å²) in [7, 11) is -0.936. The molecule has 1 amide bonds. The van der Waals surface area contributed by atoms with E-state index in [0.717, 1.165) is 9.87 Å². The monoisotopic (exact) mass is 474 g/mol. The largest absolute Gasteiger partial charge is 0.482 e. The molecule has 2 rings (SSSR count). The van der Waals surface area contributed by atoms with Crippen LogP contribution in [0.5, 0.6) is 5.75 Å². The molecule has 0 atom stereocenters. The number of carbonyl (C=O) groups excluding carboxylic acids is 2. The zero-order valence-electron chi connectivity index (χ0n) is 16.4. The minimum absolute atomic E-state index is 0.0455. The zero-order chi connectivity index (χ0) is 22.5. The molecule has 0 unspecified atom stereocenters. The third kappa shape index (κ3) is 6.33. The third-order valence-corrected chi connectivity index (χ3v) is 6.41. The van der Waals surface area contributed by atoms with Crippen LogP contribution in [-0.2, 0) is 24.3 Å². The first-order valence-corrected chi connectivity index (χ1v) is 10.8. The number of nitrogens with zero attached hydrogens (tertiary/aromatic N) is 1. The van der Waals surface area contributed by atoms with Crippen molar-refractivity contribution in [2.45, 2.75) is 11.8 Å². The van der Waals surface area contributed by atoms with Gasteiger partial charge >= 0.3 is 5.97 Å². The van der Waals surface area contributed by atoms with Crippen LogP contribution in [0.25, 0.3) is 0 Å². The summed E-state index contributed by atoms with van der Waals surface area (Å²) in [6.45, 7) is 0.802. The van der Waals surface area contributed by atoms with Crippen LogP contribution in [0.1, 0.15) is 5.56 Å². The fraction of sp³-hybridized carbons (Fsp3) is 0.263. The highest BCUT2D eigenvalue weighted by Crippen LogP contribution is 2.26. The summed E-state index contributed by atoms with van der Waals surface area (Å²) in [5.74, 6) is -1.01. The van der Waals surface area contributed by atoms with Crippen molar-refractivity contribution < 1.29 is 27.5 Å². The molecule has 0 heterocycles. The molecule has 0 spiro atoms. The number of esters is 1. The average molecular weight is 475 g/mol. The Morgan fingerprint density at radius 2 is 1.70 bits per heavy atom. The molecule has 11 heteroatoms. The van der Waals surface area contributed by atoms with Gasteiger partial charge in [-0.1, -0.05) is 23.2 Å². The fourth-order valence-corrected chi connectivity index (χ4v) is 3.41. The predicted molar refractivity (Wildman–Crippen MR) is 114 cm³/mol. The molecule has 1 N–H and O–H groups in total. The van der Waals surface area contributed by atoms with E-state index in [1.807, 2.05) is 0 Å². The first-order chi connectivity index (χ1) is 14.0. The Morgan fingerprint density at radius 1 is 1.03 bits per heavy atom. The van der Waals surface area contributed by atoms with Crippen LogP contribution in [0.3, 0.4) is 0 Å². The number of aryl methyl sites for hydroxylation is 1. The lowest BCUT2D eigenvalue weighted by atomic mass is 10.2. The molecule has 162 valence electrons. The van der Waals surface area contributed by atoms with Crippen molar-refractivity contribution in [3.05, 3.63) is 52.0 Å². The van der Waals surface area contributed by atoms with Gasteiger partial charge in [0, 0.05) is 19.1 Å². The van der Waals surface area contributed by atoms with Crippen molar-refractivity contribution in [1.82, 2.24) is 4.31 Å². The Hall–Kier alpha value is -2.33. The number of anilines is 1. The van der Waals surface area contributed by atoms with Gasteiger partial charge in [0.25, 0.3) is 5.91 Å². The Labute approximate surface area is 184 Å². The van der Waals surface area contributed by atoms with Gasteiger partial charge in [-0.15, -0.1) is 0 Å². The minimum atomic E-state index is -3.70. The van der Waals surface area contributed by atoms with Crippen LogP contribution < -0.4 is 10.1 Å². The number of benzene rings is 2. The van der Waals surface area contributed by atoms with Crippen LogP contribution in [-0.4, -0.2) is 51.9 Å². The number of hydrogen-bond acceptors (Lipinski definition) is 6. The van der Waals surface area contributed by atoms with Crippen molar-refractivity contribution in [2.75, 3.05) is 32.6 Å². The highest BCUT2D eigenvalue weighted by molar-refractivity contribution is 7.89. The van der Waals surface area contributed by atoms with Gasteiger partial charge in [-0.05, 0) is 48.9 Å². The third-order valence-electron chi connectivity index (χ3n) is 3.84. The van der Waals surface area contributed by atoms with E-state index in [2.05, 4.69) is 5.32 Å². The molecule has 0 fully saturated rings. The van der Waals surface area contributed by atoms with Gasteiger partial charge in [-0.3, -0.25) is 4.79 Å². The lowest BCUT2D eigenvalue weighted by Gasteiger charge is -2.14. The van der Waals surface area contributed by atoms with Crippen LogP contribution >= 0.6 is 23.2 Å². The minimum Gasteiger partial charge on any atom is -0.482 e. The quantitative estimate of drug-likeness (QED) is 0.589. The smallest absolute Gasteiger partial charge is 0.344 e. The van der Waals surface area contributed by atoms with E-state index in [4.69, 9.17) is 32.7 Å². The summed E-state index contributed by atoms with van der Waals surface area (Å²) in [5, 5.41) is 3.12. The maximum atomic E-state index is 12.2. The standard InChI is InChI=1S/C19H20Cl2N2O6S/c1-12-8-13(4-6-15(12)20)28-11-19(25)29-10-18(24)22-17-9-14(5-7-16(17)21)30(26,27)23(2)3/h4-9H,10-11H2,1-3H3,(H,22,24). The molecule has 0 bridgehead atoms. The van der Waals surface area contributed by atoms with E-state index >= 15 is 0 Å². The molecule has 0 saturated heterocycles. The first-order valence-electron chi connectivity index (χ1n) is 8.57. The average Bonchev–Trinajstić information content (AvgIpc) is 2.68. The molecule has 2 aromatic carbocycles. The van der Waals surface area contributed by atoms with Gasteiger partial charge in [0.15, 0.2) is 13.2 Å². The lowest BCUT2D eigenvalue weighted by molar-refractivity contribution is -0.149. The van der Waals surface area contributed by atoms with Gasteiger partial charge in [0.1, 0.15) is 5.75 Å². The highest BCUT2D eigenvalue weighted by atomic mass is 35.5. The summed E-state index contributed by atoms with van der Waals surface area (Å²) >= 11 is 11.9. The van der Waals surface area contributed by atoms with Gasteiger partial charge in [-0.25, -0.2) is 17.5 Å². The summed E-state index contributed by atoms with van der Waals surface area (Å²) < 4.78 is 35.6. The zero-order valence-corrected chi connectivity index (χ0v) is 18.8. The molecule has 0 aliphatic heterocycles. The van der Waals surface area contributed by atoms with Crippen LogP contribution in [0, 0.1) is 6.92 Å². The van der Waals surface area contributed by atoms with E-state index < -0.39 is 35.1 Å². The molecule has 8 nitrogen and oxygen atoms in total. The SMILES string of the molecule is Cc1cc(OCC(=O)OCC(=O)Nc2cc(S(=O)(=O)N(C)C)ccc2Cl)ccc1Cl. The predicted octanol–water partition coefficient (Wildman–Crippen LogP) is 3.11. The number of halogens is 2. The maximum Gasteiger partial charge on any atom is 0.344 e. The lowest BCUT2D eigenvalue weighted by Crippen LogP contribution is -2.24. The number of hydrogen-bond donors (Lipinski definition) is 1. The molecule has 2 aromatic rings. The fourth-order valence-electron chi connectivity index (χ4n) is 2.19. The molecule has 0 aliphatic carbocycles. The second-order valence-electron chi connectivity index (χ2n) is 6.34. The van der Waals surface area contributed by atoms with Crippen molar-refractivity contribution in [3.63, 3.8) is 0 Å². The van der Waals surface area contributed by atoms with Crippen molar-refractivity contribution in [1.29, 1.82) is 0 Å². The normalized spacial score (nSPS) is 11.3. The second kappa shape index (κ2) is 10.1. The summed E-state index contributed by atoms with van der Waals surface area (Å²) in [6, 6.07) is 8.80. The van der Waals surface area contributed by atoms with Crippen LogP contribution in [0.15, 0.2) is 41.3 Å².